The fraction of sp³-hybridized carbons (Fsp3) is 0.737. The number of allylic oxidation sites excluding steroid dienone is 3. The van der Waals surface area contributed by atoms with Gasteiger partial charge in [0.1, 0.15) is 0 Å². The Bertz CT molecular complexity index is 405. The summed E-state index contributed by atoms with van der Waals surface area (Å²) in [7, 11) is 1.77. The normalized spacial score (nSPS) is 13.4. The van der Waals surface area contributed by atoms with Crippen LogP contribution in [-0.4, -0.2) is 100 Å². The monoisotopic (exact) mass is 394 g/mol. The summed E-state index contributed by atoms with van der Waals surface area (Å²) in [6.07, 6.45) is 10.1. The summed E-state index contributed by atoms with van der Waals surface area (Å²) < 4.78 is 10.5. The van der Waals surface area contributed by atoms with Crippen molar-refractivity contribution in [3.63, 3.8) is 0 Å². The molecule has 0 spiro atoms. The first kappa shape index (κ1) is 30.2. The predicted molar refractivity (Wildman–Crippen MR) is 109 cm³/mol. The van der Waals surface area contributed by atoms with Gasteiger partial charge >= 0.3 is 81.4 Å². The van der Waals surface area contributed by atoms with Crippen molar-refractivity contribution in [2.45, 2.75) is 78.9 Å². The molecule has 24 heavy (non-hydrogen) atoms. The first-order valence-corrected chi connectivity index (χ1v) is 8.27. The SMILES string of the molecule is COC(C)(C)CCCC(C)C/C=C/C(C)=C/C(=O)OC(C)C.[Ca+2].[Ca+2].[H-].[H-].[H-].[H-]. The molecule has 0 bridgehead atoms. The fourth-order valence-corrected chi connectivity index (χ4v) is 2.08. The second-order valence-electron chi connectivity index (χ2n) is 6.97. The van der Waals surface area contributed by atoms with E-state index in [4.69, 9.17) is 9.47 Å². The maximum absolute atomic E-state index is 11.5. The largest absolute Gasteiger partial charge is 2.00 e. The third kappa shape index (κ3) is 18.2. The predicted octanol–water partition coefficient (Wildman–Crippen LogP) is 4.75. The van der Waals surface area contributed by atoms with Crippen LogP contribution in [0.15, 0.2) is 23.8 Å². The molecule has 0 aliphatic rings. The Hall–Kier alpha value is 1.43. The minimum absolute atomic E-state index is 0. The van der Waals surface area contributed by atoms with Crippen LogP contribution in [0.25, 0.3) is 0 Å². The van der Waals surface area contributed by atoms with E-state index >= 15 is 0 Å². The van der Waals surface area contributed by atoms with Gasteiger partial charge in [-0.2, -0.15) is 0 Å². The van der Waals surface area contributed by atoms with Crippen LogP contribution in [0.3, 0.4) is 0 Å². The zero-order valence-corrected chi connectivity index (χ0v) is 21.3. The van der Waals surface area contributed by atoms with Gasteiger partial charge in [-0.3, -0.25) is 0 Å². The van der Waals surface area contributed by atoms with Crippen LogP contribution in [0, 0.1) is 5.92 Å². The second-order valence-corrected chi connectivity index (χ2v) is 6.97. The molecule has 3 nitrogen and oxygen atoms in total. The smallest absolute Gasteiger partial charge is 1.00 e. The number of hydrogen-bond acceptors (Lipinski definition) is 3. The summed E-state index contributed by atoms with van der Waals surface area (Å²) in [6, 6.07) is 0. The molecule has 0 saturated carbocycles. The molecule has 5 heteroatoms. The molecule has 0 N–H and O–H groups in total. The average Bonchev–Trinajstić information content (AvgIpc) is 2.37. The number of ether oxygens (including phenoxy) is 2. The Labute approximate surface area is 214 Å². The molecule has 136 valence electrons. The number of methoxy groups -OCH3 is 1. The molecule has 1 atom stereocenters. The molecule has 0 fully saturated rings. The molecular weight excluding hydrogens is 356 g/mol. The van der Waals surface area contributed by atoms with E-state index in [1.807, 2.05) is 26.8 Å². The van der Waals surface area contributed by atoms with Crippen LogP contribution in [0.1, 0.15) is 72.9 Å². The van der Waals surface area contributed by atoms with E-state index in [9.17, 15) is 4.79 Å². The van der Waals surface area contributed by atoms with Crippen LogP contribution >= 0.6 is 0 Å². The molecule has 0 saturated heterocycles. The number of rotatable bonds is 10. The Morgan fingerprint density at radius 2 is 1.79 bits per heavy atom. The van der Waals surface area contributed by atoms with Crippen molar-refractivity contribution in [2.24, 2.45) is 5.92 Å². The zero-order valence-electron chi connectivity index (χ0n) is 20.9. The molecule has 0 aromatic heterocycles. The van der Waals surface area contributed by atoms with Crippen molar-refractivity contribution in [1.29, 1.82) is 0 Å². The van der Waals surface area contributed by atoms with E-state index in [0.717, 1.165) is 18.4 Å². The molecule has 0 amide bonds. The van der Waals surface area contributed by atoms with Gasteiger partial charge in [0.05, 0.1) is 11.7 Å². The zero-order chi connectivity index (χ0) is 17.2. The van der Waals surface area contributed by atoms with Gasteiger partial charge in [-0.25, -0.2) is 4.79 Å². The van der Waals surface area contributed by atoms with Crippen molar-refractivity contribution in [3.8, 4) is 0 Å². The summed E-state index contributed by atoms with van der Waals surface area (Å²) >= 11 is 0. The van der Waals surface area contributed by atoms with Crippen LogP contribution in [0.4, 0.5) is 0 Å². The molecule has 0 radical (unpaired) electrons. The van der Waals surface area contributed by atoms with Gasteiger partial charge in [0.2, 0.25) is 0 Å². The molecular formula is C19H38Ca2O3. The number of carbonyl (C=O) groups is 1. The summed E-state index contributed by atoms with van der Waals surface area (Å²) in [4.78, 5) is 11.5. The maximum Gasteiger partial charge on any atom is 2.00 e. The van der Waals surface area contributed by atoms with Crippen LogP contribution in [0.2, 0.25) is 0 Å². The molecule has 0 rings (SSSR count). The first-order chi connectivity index (χ1) is 10.2. The molecule has 0 heterocycles. The van der Waals surface area contributed by atoms with Crippen molar-refractivity contribution < 1.29 is 20.0 Å². The third-order valence-electron chi connectivity index (χ3n) is 3.64. The Morgan fingerprint density at radius 3 is 2.29 bits per heavy atom. The van der Waals surface area contributed by atoms with Crippen LogP contribution < -0.4 is 0 Å². The van der Waals surface area contributed by atoms with E-state index in [2.05, 4.69) is 26.8 Å². The van der Waals surface area contributed by atoms with E-state index in [-0.39, 0.29) is 98.9 Å². The summed E-state index contributed by atoms with van der Waals surface area (Å²) in [5.74, 6) is 0.367. The molecule has 0 aromatic carbocycles. The summed E-state index contributed by atoms with van der Waals surface area (Å²) in [5, 5.41) is 0. The van der Waals surface area contributed by atoms with Crippen molar-refractivity contribution in [2.75, 3.05) is 7.11 Å². The maximum atomic E-state index is 11.5. The minimum atomic E-state index is -0.271. The quantitative estimate of drug-likeness (QED) is 0.232. The van der Waals surface area contributed by atoms with Gasteiger partial charge < -0.3 is 15.2 Å². The topological polar surface area (TPSA) is 35.5 Å². The van der Waals surface area contributed by atoms with Crippen molar-refractivity contribution >= 4 is 81.4 Å². The Morgan fingerprint density at radius 1 is 1.21 bits per heavy atom. The Kier molecular flexibility index (Phi) is 20.9. The van der Waals surface area contributed by atoms with Crippen LogP contribution in [0.5, 0.6) is 0 Å². The second kappa shape index (κ2) is 16.6. The van der Waals surface area contributed by atoms with Gasteiger partial charge in [-0.05, 0) is 59.0 Å². The van der Waals surface area contributed by atoms with Crippen molar-refractivity contribution in [1.82, 2.24) is 0 Å². The average molecular weight is 395 g/mol. The van der Waals surface area contributed by atoms with Gasteiger partial charge in [-0.1, -0.05) is 31.9 Å². The summed E-state index contributed by atoms with van der Waals surface area (Å²) in [5.41, 5.74) is 0.907. The molecule has 0 aromatic rings. The van der Waals surface area contributed by atoms with E-state index in [0.29, 0.717) is 5.92 Å². The van der Waals surface area contributed by atoms with Gasteiger partial charge in [-0.15, -0.1) is 0 Å². The number of esters is 1. The standard InChI is InChI=1S/C19H34O3.2Ca.4H/c1-15(2)22-18(20)14-17(4)11-8-10-16(3)12-9-13-19(5,6)21-7;;;;;;/h8,11,14-16H,9-10,12-13H2,1-7H3;;;;;;/q;2*+2;4*-1/b11-8+,17-14+;;;;;;. The minimum Gasteiger partial charge on any atom is -1.00 e. The Balaban J connectivity index is -0.000000147. The van der Waals surface area contributed by atoms with Gasteiger partial charge in [0, 0.05) is 13.2 Å². The summed E-state index contributed by atoms with van der Waals surface area (Å²) in [6.45, 7) is 12.1. The first-order valence-electron chi connectivity index (χ1n) is 8.27. The van der Waals surface area contributed by atoms with E-state index in [1.54, 1.807) is 13.2 Å². The van der Waals surface area contributed by atoms with E-state index < -0.39 is 0 Å². The van der Waals surface area contributed by atoms with E-state index in [1.165, 1.54) is 12.8 Å². The number of hydrogen-bond donors (Lipinski definition) is 0. The van der Waals surface area contributed by atoms with Crippen molar-refractivity contribution in [3.05, 3.63) is 23.8 Å². The fourth-order valence-electron chi connectivity index (χ4n) is 2.08. The third-order valence-corrected chi connectivity index (χ3v) is 3.64. The molecule has 0 aliphatic heterocycles. The van der Waals surface area contributed by atoms with Gasteiger partial charge in [0.25, 0.3) is 0 Å². The van der Waals surface area contributed by atoms with Gasteiger partial charge in [0.15, 0.2) is 0 Å². The number of carbonyl (C=O) groups excluding carboxylic acids is 1. The molecule has 1 unspecified atom stereocenters. The van der Waals surface area contributed by atoms with Crippen LogP contribution in [-0.2, 0) is 14.3 Å². The molecule has 0 aliphatic carbocycles.